The van der Waals surface area contributed by atoms with Gasteiger partial charge in [-0.3, -0.25) is 0 Å². The van der Waals surface area contributed by atoms with Crippen LogP contribution >= 0.6 is 0 Å². The van der Waals surface area contributed by atoms with Gasteiger partial charge < -0.3 is 24.8 Å². The molecule has 1 saturated heterocycles. The van der Waals surface area contributed by atoms with E-state index in [9.17, 15) is 9.59 Å². The molecule has 7 heteroatoms. The Morgan fingerprint density at radius 1 is 1.33 bits per heavy atom. The molecule has 0 aliphatic carbocycles. The summed E-state index contributed by atoms with van der Waals surface area (Å²) in [5, 5.41) is 11.3. The summed E-state index contributed by atoms with van der Waals surface area (Å²) in [7, 11) is 1.58. The number of aliphatic carboxylic acids is 1. The summed E-state index contributed by atoms with van der Waals surface area (Å²) in [6.45, 7) is 2.15. The number of hydrogen-bond acceptors (Lipinski definition) is 4. The van der Waals surface area contributed by atoms with Crippen LogP contribution in [0.1, 0.15) is 6.92 Å². The second-order valence-corrected chi connectivity index (χ2v) is 5.15. The van der Waals surface area contributed by atoms with Crippen molar-refractivity contribution in [2.24, 2.45) is 0 Å². The van der Waals surface area contributed by atoms with Crippen LogP contribution in [0.3, 0.4) is 0 Å². The van der Waals surface area contributed by atoms with E-state index < -0.39 is 11.6 Å². The number of urea groups is 1. The summed E-state index contributed by atoms with van der Waals surface area (Å²) in [6.07, 6.45) is 0. The smallest absolute Gasteiger partial charge is 0.329 e. The molecular weight excluding hydrogens is 276 g/mol. The first-order chi connectivity index (χ1) is 9.92. The number of ether oxygens (including phenoxy) is 2. The van der Waals surface area contributed by atoms with Gasteiger partial charge in [-0.05, 0) is 31.2 Å². The van der Waals surface area contributed by atoms with Crippen LogP contribution in [0.15, 0.2) is 24.3 Å². The fourth-order valence-electron chi connectivity index (χ4n) is 2.11. The number of amides is 2. The number of likely N-dealkylation sites (tertiary alicyclic amines) is 1. The Labute approximate surface area is 122 Å². The van der Waals surface area contributed by atoms with Gasteiger partial charge in [0.2, 0.25) is 0 Å². The summed E-state index contributed by atoms with van der Waals surface area (Å²) in [6, 6.07) is 6.77. The lowest BCUT2D eigenvalue weighted by Gasteiger charge is -2.46. The van der Waals surface area contributed by atoms with Gasteiger partial charge in [-0.1, -0.05) is 0 Å². The van der Waals surface area contributed by atoms with Gasteiger partial charge in [-0.25, -0.2) is 9.59 Å². The predicted octanol–water partition coefficient (Wildman–Crippen LogP) is 1.40. The van der Waals surface area contributed by atoms with Gasteiger partial charge in [0.05, 0.1) is 20.2 Å². The van der Waals surface area contributed by atoms with Crippen molar-refractivity contribution in [2.75, 3.05) is 32.1 Å². The van der Waals surface area contributed by atoms with E-state index >= 15 is 0 Å². The lowest BCUT2D eigenvalue weighted by molar-refractivity contribution is -0.159. The number of nitrogens with zero attached hydrogens (tertiary/aromatic N) is 1. The van der Waals surface area contributed by atoms with Crippen LogP contribution < -0.4 is 10.1 Å². The molecule has 1 aliphatic heterocycles. The quantitative estimate of drug-likeness (QED) is 0.857. The molecule has 2 rings (SSSR count). The molecule has 0 bridgehead atoms. The molecule has 1 aromatic rings. The number of benzene rings is 1. The predicted molar refractivity (Wildman–Crippen MR) is 75.6 cm³/mol. The number of hydrogen-bond donors (Lipinski definition) is 2. The van der Waals surface area contributed by atoms with Crippen LogP contribution in [0.2, 0.25) is 0 Å². The Morgan fingerprint density at radius 3 is 2.48 bits per heavy atom. The van der Waals surface area contributed by atoms with Crippen molar-refractivity contribution in [3.8, 4) is 5.75 Å². The number of nitrogens with one attached hydrogen (secondary N) is 1. The van der Waals surface area contributed by atoms with Gasteiger partial charge in [-0.15, -0.1) is 0 Å². The number of carbonyl (C=O) groups excluding carboxylic acids is 1. The molecule has 2 N–H and O–H groups in total. The maximum atomic E-state index is 12.0. The Bertz CT molecular complexity index is 523. The molecule has 0 radical (unpaired) electrons. The van der Waals surface area contributed by atoms with Crippen molar-refractivity contribution in [3.05, 3.63) is 24.3 Å². The Morgan fingerprint density at radius 2 is 1.95 bits per heavy atom. The molecule has 0 spiro atoms. The van der Waals surface area contributed by atoms with Gasteiger partial charge in [0.1, 0.15) is 18.0 Å². The molecule has 0 aromatic heterocycles. The van der Waals surface area contributed by atoms with Crippen molar-refractivity contribution in [3.63, 3.8) is 0 Å². The van der Waals surface area contributed by atoms with Crippen molar-refractivity contribution < 1.29 is 24.2 Å². The zero-order valence-corrected chi connectivity index (χ0v) is 12.0. The molecule has 21 heavy (non-hydrogen) atoms. The van der Waals surface area contributed by atoms with Gasteiger partial charge in [0.15, 0.2) is 0 Å². The largest absolute Gasteiger partial charge is 0.497 e. The van der Waals surface area contributed by atoms with E-state index in [-0.39, 0.29) is 12.6 Å². The zero-order chi connectivity index (χ0) is 15.5. The highest BCUT2D eigenvalue weighted by molar-refractivity contribution is 5.90. The van der Waals surface area contributed by atoms with Crippen LogP contribution in [0, 0.1) is 0 Å². The number of carboxylic acids is 1. The maximum Gasteiger partial charge on any atom is 0.329 e. The molecule has 1 aliphatic rings. The highest BCUT2D eigenvalue weighted by Crippen LogP contribution is 2.25. The minimum atomic E-state index is -1.02. The lowest BCUT2D eigenvalue weighted by atomic mass is 9.97. The second-order valence-electron chi connectivity index (χ2n) is 5.15. The van der Waals surface area contributed by atoms with E-state index in [1.165, 1.54) is 0 Å². The first-order valence-corrected chi connectivity index (χ1v) is 6.48. The van der Waals surface area contributed by atoms with Gasteiger partial charge in [0, 0.05) is 5.69 Å². The fourth-order valence-corrected chi connectivity index (χ4v) is 2.11. The molecule has 7 nitrogen and oxygen atoms in total. The first-order valence-electron chi connectivity index (χ1n) is 6.48. The van der Waals surface area contributed by atoms with E-state index in [0.717, 1.165) is 0 Å². The van der Waals surface area contributed by atoms with E-state index in [0.29, 0.717) is 24.5 Å². The van der Waals surface area contributed by atoms with Crippen molar-refractivity contribution in [1.29, 1.82) is 0 Å². The number of carboxylic acid groups (broad SMARTS) is 1. The van der Waals surface area contributed by atoms with Crippen molar-refractivity contribution in [1.82, 2.24) is 4.90 Å². The molecule has 1 aromatic carbocycles. The second kappa shape index (κ2) is 6.01. The van der Waals surface area contributed by atoms with E-state index in [4.69, 9.17) is 14.6 Å². The Balaban J connectivity index is 1.81. The monoisotopic (exact) mass is 294 g/mol. The Hall–Kier alpha value is -2.28. The summed E-state index contributed by atoms with van der Waals surface area (Å²) < 4.78 is 10.3. The molecule has 0 unspecified atom stereocenters. The summed E-state index contributed by atoms with van der Waals surface area (Å²) in [5.74, 6) is -0.302. The molecule has 114 valence electrons. The molecule has 2 amide bonds. The zero-order valence-electron chi connectivity index (χ0n) is 12.0. The minimum absolute atomic E-state index is 0.239. The van der Waals surface area contributed by atoms with Crippen molar-refractivity contribution in [2.45, 2.75) is 12.5 Å². The van der Waals surface area contributed by atoms with E-state index in [1.807, 2.05) is 0 Å². The lowest BCUT2D eigenvalue weighted by Crippen LogP contribution is -2.64. The molecule has 0 atom stereocenters. The number of rotatable bonds is 5. The van der Waals surface area contributed by atoms with E-state index in [2.05, 4.69) is 5.32 Å². The topological polar surface area (TPSA) is 88.1 Å². The number of carbonyl (C=O) groups is 2. The highest BCUT2D eigenvalue weighted by Gasteiger charge is 2.42. The summed E-state index contributed by atoms with van der Waals surface area (Å²) >= 11 is 0. The first kappa shape index (κ1) is 15.1. The third-order valence-corrected chi connectivity index (χ3v) is 3.22. The van der Waals surface area contributed by atoms with Crippen LogP contribution in [-0.4, -0.2) is 54.4 Å². The average Bonchev–Trinajstić information content (AvgIpc) is 2.43. The standard InChI is InChI=1S/C14H18N2O5/c1-14(21-7-12(17)18)8-16(9-14)13(19)15-10-3-5-11(20-2)6-4-10/h3-6H,7-9H2,1-2H3,(H,15,19)(H,17,18). The van der Waals surface area contributed by atoms with Gasteiger partial charge in [0.25, 0.3) is 0 Å². The fraction of sp³-hybridized carbons (Fsp3) is 0.429. The highest BCUT2D eigenvalue weighted by atomic mass is 16.5. The van der Waals surface area contributed by atoms with Gasteiger partial charge >= 0.3 is 12.0 Å². The number of methoxy groups -OCH3 is 1. The SMILES string of the molecule is COc1ccc(NC(=O)N2CC(C)(OCC(=O)O)C2)cc1. The van der Waals surface area contributed by atoms with Crippen LogP contribution in [0.5, 0.6) is 5.75 Å². The molecule has 1 heterocycles. The third-order valence-electron chi connectivity index (χ3n) is 3.22. The molecule has 1 fully saturated rings. The van der Waals surface area contributed by atoms with Crippen molar-refractivity contribution >= 4 is 17.7 Å². The van der Waals surface area contributed by atoms with Crippen LogP contribution in [0.25, 0.3) is 0 Å². The third kappa shape index (κ3) is 3.85. The minimum Gasteiger partial charge on any atom is -0.497 e. The Kier molecular flexibility index (Phi) is 4.32. The maximum absolute atomic E-state index is 12.0. The average molecular weight is 294 g/mol. The normalized spacial score (nSPS) is 16.0. The van der Waals surface area contributed by atoms with Crippen LogP contribution in [0.4, 0.5) is 10.5 Å². The summed E-state index contributed by atoms with van der Waals surface area (Å²) in [5.41, 5.74) is 0.0798. The van der Waals surface area contributed by atoms with E-state index in [1.54, 1.807) is 43.2 Å². The number of anilines is 1. The van der Waals surface area contributed by atoms with Crippen LogP contribution in [-0.2, 0) is 9.53 Å². The van der Waals surface area contributed by atoms with Gasteiger partial charge in [-0.2, -0.15) is 0 Å². The summed E-state index contributed by atoms with van der Waals surface area (Å²) in [4.78, 5) is 24.0. The molecular formula is C14H18N2O5. The molecule has 0 saturated carbocycles.